The van der Waals surface area contributed by atoms with Crippen LogP contribution in [0.1, 0.15) is 10.4 Å². The van der Waals surface area contributed by atoms with E-state index in [-0.39, 0.29) is 5.91 Å². The molecule has 1 aromatic rings. The Morgan fingerprint density at radius 3 is 2.63 bits per heavy atom. The molecule has 0 radical (unpaired) electrons. The highest BCUT2D eigenvalue weighted by molar-refractivity contribution is 5.93. The van der Waals surface area contributed by atoms with Crippen molar-refractivity contribution in [2.24, 2.45) is 0 Å². The lowest BCUT2D eigenvalue weighted by molar-refractivity contribution is 0.0629. The van der Waals surface area contributed by atoms with E-state index in [0.717, 1.165) is 39.3 Å². The van der Waals surface area contributed by atoms with Gasteiger partial charge in [0.25, 0.3) is 5.91 Å². The maximum atomic E-state index is 12.2. The van der Waals surface area contributed by atoms with Gasteiger partial charge in [-0.1, -0.05) is 0 Å². The quantitative estimate of drug-likeness (QED) is 0.787. The standard InChI is InChI=1S/C14H22N4O/c1-16(2)6-7-17-8-10-18(11-9-17)14(19)13-4-3-5-15-12-13/h3-5,12H,6-11H2,1-2H3. The van der Waals surface area contributed by atoms with Crippen LogP contribution in [0.15, 0.2) is 24.5 Å². The number of piperazine rings is 1. The average Bonchev–Trinajstić information content (AvgIpc) is 2.46. The molecule has 1 fully saturated rings. The molecule has 5 nitrogen and oxygen atoms in total. The smallest absolute Gasteiger partial charge is 0.255 e. The Labute approximate surface area is 114 Å². The molecule has 1 amide bonds. The van der Waals surface area contributed by atoms with Crippen molar-refractivity contribution in [1.29, 1.82) is 0 Å². The number of amides is 1. The van der Waals surface area contributed by atoms with Gasteiger partial charge in [0.1, 0.15) is 0 Å². The molecule has 0 bridgehead atoms. The summed E-state index contributed by atoms with van der Waals surface area (Å²) in [4.78, 5) is 22.7. The number of hydrogen-bond donors (Lipinski definition) is 0. The van der Waals surface area contributed by atoms with Crippen LogP contribution >= 0.6 is 0 Å². The third-order valence-electron chi connectivity index (χ3n) is 3.43. The Hall–Kier alpha value is -1.46. The van der Waals surface area contributed by atoms with Crippen molar-refractivity contribution in [3.8, 4) is 0 Å². The van der Waals surface area contributed by atoms with Gasteiger partial charge in [0.2, 0.25) is 0 Å². The molecule has 2 heterocycles. The Bertz CT molecular complexity index is 399. The van der Waals surface area contributed by atoms with Crippen molar-refractivity contribution in [2.75, 3.05) is 53.4 Å². The van der Waals surface area contributed by atoms with Crippen molar-refractivity contribution in [2.45, 2.75) is 0 Å². The predicted molar refractivity (Wildman–Crippen MR) is 75.1 cm³/mol. The fourth-order valence-corrected chi connectivity index (χ4v) is 2.19. The van der Waals surface area contributed by atoms with Crippen LogP contribution in [0.4, 0.5) is 0 Å². The summed E-state index contributed by atoms with van der Waals surface area (Å²) in [7, 11) is 4.17. The van der Waals surface area contributed by atoms with E-state index in [4.69, 9.17) is 0 Å². The van der Waals surface area contributed by atoms with E-state index >= 15 is 0 Å². The van der Waals surface area contributed by atoms with E-state index < -0.39 is 0 Å². The Kier molecular flexibility index (Phi) is 4.87. The first kappa shape index (κ1) is 14.0. The molecule has 104 valence electrons. The van der Waals surface area contributed by atoms with Gasteiger partial charge in [-0.3, -0.25) is 14.7 Å². The van der Waals surface area contributed by atoms with Gasteiger partial charge in [-0.25, -0.2) is 0 Å². The molecule has 5 heteroatoms. The number of nitrogens with zero attached hydrogens (tertiary/aromatic N) is 4. The Morgan fingerprint density at radius 1 is 1.32 bits per heavy atom. The zero-order valence-corrected chi connectivity index (χ0v) is 11.7. The van der Waals surface area contributed by atoms with Gasteiger partial charge in [-0.05, 0) is 26.2 Å². The second kappa shape index (κ2) is 6.63. The van der Waals surface area contributed by atoms with E-state index in [1.165, 1.54) is 0 Å². The van der Waals surface area contributed by atoms with E-state index in [0.29, 0.717) is 5.56 Å². The third kappa shape index (κ3) is 4.01. The molecule has 0 saturated carbocycles. The summed E-state index contributed by atoms with van der Waals surface area (Å²) in [6.45, 7) is 5.67. The summed E-state index contributed by atoms with van der Waals surface area (Å²) in [5.41, 5.74) is 0.684. The van der Waals surface area contributed by atoms with Crippen molar-refractivity contribution in [1.82, 2.24) is 19.7 Å². The minimum absolute atomic E-state index is 0.0976. The molecule has 0 aromatic carbocycles. The second-order valence-electron chi connectivity index (χ2n) is 5.18. The topological polar surface area (TPSA) is 39.7 Å². The van der Waals surface area contributed by atoms with Gasteiger partial charge in [0, 0.05) is 51.7 Å². The minimum Gasteiger partial charge on any atom is -0.336 e. The molecule has 0 N–H and O–H groups in total. The first-order chi connectivity index (χ1) is 9.16. The van der Waals surface area contributed by atoms with Crippen LogP contribution in [0.3, 0.4) is 0 Å². The van der Waals surface area contributed by atoms with Gasteiger partial charge in [0.05, 0.1) is 5.56 Å². The fraction of sp³-hybridized carbons (Fsp3) is 0.571. The first-order valence-electron chi connectivity index (χ1n) is 6.73. The second-order valence-corrected chi connectivity index (χ2v) is 5.18. The van der Waals surface area contributed by atoms with Gasteiger partial charge in [-0.15, -0.1) is 0 Å². The average molecular weight is 262 g/mol. The van der Waals surface area contributed by atoms with Crippen LogP contribution in [0.2, 0.25) is 0 Å². The van der Waals surface area contributed by atoms with Crippen molar-refractivity contribution in [3.05, 3.63) is 30.1 Å². The summed E-state index contributed by atoms with van der Waals surface area (Å²) < 4.78 is 0. The highest BCUT2D eigenvalue weighted by Crippen LogP contribution is 2.07. The first-order valence-corrected chi connectivity index (χ1v) is 6.73. The largest absolute Gasteiger partial charge is 0.336 e. The lowest BCUT2D eigenvalue weighted by atomic mass is 10.2. The number of hydrogen-bond acceptors (Lipinski definition) is 4. The molecule has 0 atom stereocenters. The van der Waals surface area contributed by atoms with E-state index in [9.17, 15) is 4.79 Å². The Morgan fingerprint density at radius 2 is 2.05 bits per heavy atom. The molecule has 2 rings (SSSR count). The van der Waals surface area contributed by atoms with Crippen LogP contribution in [0.5, 0.6) is 0 Å². The normalized spacial score (nSPS) is 16.9. The maximum Gasteiger partial charge on any atom is 0.255 e. The fourth-order valence-electron chi connectivity index (χ4n) is 2.19. The molecule has 19 heavy (non-hydrogen) atoms. The number of carbonyl (C=O) groups excluding carboxylic acids is 1. The highest BCUT2D eigenvalue weighted by Gasteiger charge is 2.21. The molecule has 0 aliphatic carbocycles. The summed E-state index contributed by atoms with van der Waals surface area (Å²) in [6.07, 6.45) is 3.33. The number of carbonyl (C=O) groups is 1. The number of rotatable bonds is 4. The summed E-state index contributed by atoms with van der Waals surface area (Å²) in [6, 6.07) is 3.63. The van der Waals surface area contributed by atoms with Crippen molar-refractivity contribution < 1.29 is 4.79 Å². The lowest BCUT2D eigenvalue weighted by Crippen LogP contribution is -2.50. The molecular formula is C14H22N4O. The molecule has 1 aliphatic rings. The summed E-state index contributed by atoms with van der Waals surface area (Å²) in [5, 5.41) is 0. The van der Waals surface area contributed by atoms with Gasteiger partial charge >= 0.3 is 0 Å². The monoisotopic (exact) mass is 262 g/mol. The summed E-state index contributed by atoms with van der Waals surface area (Å²) in [5.74, 6) is 0.0976. The van der Waals surface area contributed by atoms with Crippen LogP contribution in [0, 0.1) is 0 Å². The molecule has 1 aliphatic heterocycles. The lowest BCUT2D eigenvalue weighted by Gasteiger charge is -2.35. The van der Waals surface area contributed by atoms with E-state index in [2.05, 4.69) is 28.9 Å². The van der Waals surface area contributed by atoms with Crippen LogP contribution < -0.4 is 0 Å². The van der Waals surface area contributed by atoms with Crippen LogP contribution in [-0.4, -0.2) is 79.0 Å². The van der Waals surface area contributed by atoms with Crippen molar-refractivity contribution >= 4 is 5.91 Å². The van der Waals surface area contributed by atoms with Crippen LogP contribution in [-0.2, 0) is 0 Å². The number of aromatic nitrogens is 1. The SMILES string of the molecule is CN(C)CCN1CCN(C(=O)c2cccnc2)CC1. The van der Waals surface area contributed by atoms with Gasteiger partial charge in [-0.2, -0.15) is 0 Å². The highest BCUT2D eigenvalue weighted by atomic mass is 16.2. The van der Waals surface area contributed by atoms with E-state index in [1.54, 1.807) is 18.5 Å². The minimum atomic E-state index is 0.0976. The zero-order valence-electron chi connectivity index (χ0n) is 11.7. The molecule has 1 saturated heterocycles. The molecule has 0 unspecified atom stereocenters. The third-order valence-corrected chi connectivity index (χ3v) is 3.43. The molecule has 0 spiro atoms. The molecular weight excluding hydrogens is 240 g/mol. The number of pyridine rings is 1. The number of likely N-dealkylation sites (N-methyl/N-ethyl adjacent to an activating group) is 1. The zero-order chi connectivity index (χ0) is 13.7. The maximum absolute atomic E-state index is 12.2. The van der Waals surface area contributed by atoms with Gasteiger partial charge in [0.15, 0.2) is 0 Å². The Balaban J connectivity index is 1.81. The van der Waals surface area contributed by atoms with Crippen LogP contribution in [0.25, 0.3) is 0 Å². The van der Waals surface area contributed by atoms with Gasteiger partial charge < -0.3 is 9.80 Å². The van der Waals surface area contributed by atoms with E-state index in [1.807, 2.05) is 11.0 Å². The summed E-state index contributed by atoms with van der Waals surface area (Å²) >= 11 is 0. The van der Waals surface area contributed by atoms with Crippen molar-refractivity contribution in [3.63, 3.8) is 0 Å². The molecule has 1 aromatic heterocycles. The predicted octanol–water partition coefficient (Wildman–Crippen LogP) is 0.401.